The fourth-order valence-electron chi connectivity index (χ4n) is 5.85. The van der Waals surface area contributed by atoms with E-state index in [0.717, 1.165) is 67.4 Å². The Balaban J connectivity index is 1.17. The summed E-state index contributed by atoms with van der Waals surface area (Å²) in [6.07, 6.45) is 9.44. The lowest BCUT2D eigenvalue weighted by Crippen LogP contribution is -2.60. The number of fused-ring (bicyclic) bond motifs is 1. The third-order valence-electron chi connectivity index (χ3n) is 8.19. The molecule has 224 valence electrons. The summed E-state index contributed by atoms with van der Waals surface area (Å²) >= 11 is 0. The first-order chi connectivity index (χ1) is 19.6. The number of ether oxygens (including phenoxy) is 2. The Morgan fingerprint density at radius 2 is 1.93 bits per heavy atom. The van der Waals surface area contributed by atoms with Gasteiger partial charge in [0.15, 0.2) is 0 Å². The fraction of sp³-hybridized carbons (Fsp3) is 0.655. The standard InChI is InChI=1S/C29H45N8O3Si/c1-28(2,3)40-27(38)35-10-8-34(9-11-35)23-14-29(15-23,18-30)19-37-17-22(16-33-37)25-24-6-7-36(26(24)32-20-31-25)21-39-12-13-41(4)5/h6-7,16-17,20,23H,8-15,18-19,21,30H2,1-5H3/q-1. The van der Waals surface area contributed by atoms with Gasteiger partial charge in [-0.1, -0.05) is 0 Å². The molecule has 0 atom stereocenters. The van der Waals surface area contributed by atoms with Crippen LogP contribution in [0.1, 0.15) is 33.6 Å². The van der Waals surface area contributed by atoms with Crippen molar-refractivity contribution in [1.82, 2.24) is 34.1 Å². The summed E-state index contributed by atoms with van der Waals surface area (Å²) in [5, 5.41) is 5.69. The van der Waals surface area contributed by atoms with Crippen LogP contribution in [0.3, 0.4) is 0 Å². The highest BCUT2D eigenvalue weighted by molar-refractivity contribution is 6.55. The number of nitrogens with zero attached hydrogens (tertiary/aromatic N) is 7. The number of piperazine rings is 1. The molecular formula is C29H45N8O3Si-. The van der Waals surface area contributed by atoms with Crippen LogP contribution < -0.4 is 5.73 Å². The average molecular weight is 582 g/mol. The molecule has 0 bridgehead atoms. The lowest BCUT2D eigenvalue weighted by molar-refractivity contribution is -0.0340. The van der Waals surface area contributed by atoms with E-state index in [9.17, 15) is 4.79 Å². The number of rotatable bonds is 10. The van der Waals surface area contributed by atoms with Crippen LogP contribution in [-0.4, -0.2) is 100.0 Å². The first-order valence-electron chi connectivity index (χ1n) is 14.7. The maximum atomic E-state index is 12.4. The zero-order chi connectivity index (χ0) is 29.2. The summed E-state index contributed by atoms with van der Waals surface area (Å²) in [6, 6.07) is 3.68. The molecule has 2 fully saturated rings. The quantitative estimate of drug-likeness (QED) is 0.285. The molecule has 1 aliphatic carbocycles. The highest BCUT2D eigenvalue weighted by Crippen LogP contribution is 2.44. The van der Waals surface area contributed by atoms with Crippen LogP contribution in [0.15, 0.2) is 31.0 Å². The second-order valence-corrected chi connectivity index (χ2v) is 15.8. The van der Waals surface area contributed by atoms with E-state index in [-0.39, 0.29) is 20.3 Å². The van der Waals surface area contributed by atoms with Gasteiger partial charge in [0.1, 0.15) is 24.3 Å². The minimum absolute atomic E-state index is 0.0238. The molecule has 0 radical (unpaired) electrons. The van der Waals surface area contributed by atoms with E-state index in [0.29, 0.717) is 32.4 Å². The average Bonchev–Trinajstić information content (AvgIpc) is 3.54. The molecule has 1 aliphatic heterocycles. The first kappa shape index (κ1) is 29.7. The molecule has 2 N–H and O–H groups in total. The van der Waals surface area contributed by atoms with E-state index >= 15 is 0 Å². The number of aromatic nitrogens is 5. The molecule has 3 aromatic heterocycles. The molecule has 11 nitrogen and oxygen atoms in total. The second-order valence-electron chi connectivity index (χ2n) is 12.9. The predicted molar refractivity (Wildman–Crippen MR) is 161 cm³/mol. The lowest BCUT2D eigenvalue weighted by atomic mass is 9.64. The minimum Gasteiger partial charge on any atom is -0.444 e. The van der Waals surface area contributed by atoms with E-state index in [1.807, 2.05) is 47.3 Å². The van der Waals surface area contributed by atoms with Crippen molar-refractivity contribution < 1.29 is 14.3 Å². The fourth-order valence-corrected chi connectivity index (χ4v) is 6.40. The second kappa shape index (κ2) is 12.2. The summed E-state index contributed by atoms with van der Waals surface area (Å²) in [5.74, 6) is 0. The third-order valence-corrected chi connectivity index (χ3v) is 9.39. The first-order valence-corrected chi connectivity index (χ1v) is 17.4. The van der Waals surface area contributed by atoms with Gasteiger partial charge in [0.25, 0.3) is 0 Å². The van der Waals surface area contributed by atoms with Crippen molar-refractivity contribution >= 4 is 25.9 Å². The van der Waals surface area contributed by atoms with Gasteiger partial charge in [0.05, 0.1) is 11.9 Å². The monoisotopic (exact) mass is 581 g/mol. The van der Waals surface area contributed by atoms with Crippen LogP contribution in [0.25, 0.3) is 22.3 Å². The van der Waals surface area contributed by atoms with Gasteiger partial charge in [-0.3, -0.25) is 18.4 Å². The number of carbonyl (C=O) groups is 1. The Labute approximate surface area is 244 Å². The van der Waals surface area contributed by atoms with Crippen LogP contribution in [0, 0.1) is 5.41 Å². The van der Waals surface area contributed by atoms with Crippen LogP contribution in [0.2, 0.25) is 19.1 Å². The van der Waals surface area contributed by atoms with Crippen LogP contribution in [-0.2, 0) is 22.7 Å². The molecule has 12 heteroatoms. The van der Waals surface area contributed by atoms with Gasteiger partial charge in [-0.15, -0.1) is 0 Å². The van der Waals surface area contributed by atoms with Crippen molar-refractivity contribution in [3.8, 4) is 11.3 Å². The predicted octanol–water partition coefficient (Wildman–Crippen LogP) is 3.68. The highest BCUT2D eigenvalue weighted by Gasteiger charge is 2.46. The van der Waals surface area contributed by atoms with Crippen molar-refractivity contribution in [2.45, 2.75) is 77.7 Å². The van der Waals surface area contributed by atoms with E-state index in [1.54, 1.807) is 6.33 Å². The molecule has 41 heavy (non-hydrogen) atoms. The Bertz CT molecular complexity index is 1320. The topological polar surface area (TPSA) is 117 Å². The number of hydrogen-bond donors (Lipinski definition) is 1. The SMILES string of the molecule is C[Si-](C)CCOCn1ccc2c(-c3cnn(CC4(CN)CC(N5CCN(C(=O)OC(C)(C)C)CC5)C4)c3)ncnc21. The molecule has 0 aromatic carbocycles. The van der Waals surface area contributed by atoms with Gasteiger partial charge in [-0.25, -0.2) is 14.8 Å². The van der Waals surface area contributed by atoms with Crippen molar-refractivity contribution in [2.24, 2.45) is 11.1 Å². The van der Waals surface area contributed by atoms with E-state index in [1.165, 1.54) is 0 Å². The van der Waals surface area contributed by atoms with Gasteiger partial charge in [-0.2, -0.15) is 24.2 Å². The molecule has 1 amide bonds. The van der Waals surface area contributed by atoms with E-state index in [4.69, 9.17) is 20.3 Å². The van der Waals surface area contributed by atoms with Gasteiger partial charge < -0.3 is 24.7 Å². The Morgan fingerprint density at radius 3 is 2.61 bits per heavy atom. The summed E-state index contributed by atoms with van der Waals surface area (Å²) in [5.41, 5.74) is 8.60. The molecule has 0 unspecified atom stereocenters. The van der Waals surface area contributed by atoms with Gasteiger partial charge in [0, 0.05) is 74.1 Å². The van der Waals surface area contributed by atoms with E-state index < -0.39 is 5.60 Å². The van der Waals surface area contributed by atoms with Crippen molar-refractivity contribution in [1.29, 1.82) is 0 Å². The van der Waals surface area contributed by atoms with Gasteiger partial charge >= 0.3 is 6.09 Å². The molecule has 5 rings (SSSR count). The van der Waals surface area contributed by atoms with Crippen molar-refractivity contribution in [2.75, 3.05) is 39.3 Å². The summed E-state index contributed by atoms with van der Waals surface area (Å²) in [6.45, 7) is 16.1. The largest absolute Gasteiger partial charge is 0.444 e. The molecule has 3 aromatic rings. The Morgan fingerprint density at radius 1 is 1.17 bits per heavy atom. The van der Waals surface area contributed by atoms with Gasteiger partial charge in [0.2, 0.25) is 0 Å². The van der Waals surface area contributed by atoms with Crippen molar-refractivity contribution in [3.05, 3.63) is 31.0 Å². The lowest BCUT2D eigenvalue weighted by Gasteiger charge is -2.53. The molecule has 4 heterocycles. The maximum absolute atomic E-state index is 12.4. The summed E-state index contributed by atoms with van der Waals surface area (Å²) < 4.78 is 15.5. The Kier molecular flexibility index (Phi) is 8.83. The number of nitrogens with two attached hydrogens (primary N) is 1. The van der Waals surface area contributed by atoms with E-state index in [2.05, 4.69) is 40.2 Å². The normalized spacial score (nSPS) is 21.9. The maximum Gasteiger partial charge on any atom is 0.410 e. The summed E-state index contributed by atoms with van der Waals surface area (Å²) in [4.78, 5) is 25.9. The third kappa shape index (κ3) is 6.99. The zero-order valence-corrected chi connectivity index (χ0v) is 26.2. The molecule has 2 aliphatic rings. The highest BCUT2D eigenvalue weighted by atomic mass is 28.3. The van der Waals surface area contributed by atoms with Gasteiger partial charge in [-0.05, 0) is 46.2 Å². The molecule has 1 saturated carbocycles. The van der Waals surface area contributed by atoms with Crippen LogP contribution in [0.5, 0.6) is 0 Å². The summed E-state index contributed by atoms with van der Waals surface area (Å²) in [7, 11) is -0.285. The molecule has 1 saturated heterocycles. The van der Waals surface area contributed by atoms with Crippen LogP contribution in [0.4, 0.5) is 4.79 Å². The van der Waals surface area contributed by atoms with Crippen LogP contribution >= 0.6 is 0 Å². The Hall–Kier alpha value is -2.80. The number of hydrogen-bond acceptors (Lipinski definition) is 8. The zero-order valence-electron chi connectivity index (χ0n) is 25.2. The number of amides is 1. The minimum atomic E-state index is -0.470. The van der Waals surface area contributed by atoms with Crippen molar-refractivity contribution in [3.63, 3.8) is 0 Å². The molecule has 0 spiro atoms. The molecular weight excluding hydrogens is 536 g/mol. The number of carbonyl (C=O) groups excluding carboxylic acids is 1. The smallest absolute Gasteiger partial charge is 0.410 e.